The second-order valence-corrected chi connectivity index (χ2v) is 5.94. The van der Waals surface area contributed by atoms with Crippen molar-refractivity contribution in [3.8, 4) is 6.07 Å². The van der Waals surface area contributed by atoms with Crippen molar-refractivity contribution < 1.29 is 0 Å². The summed E-state index contributed by atoms with van der Waals surface area (Å²) in [5.41, 5.74) is 1.90. The summed E-state index contributed by atoms with van der Waals surface area (Å²) in [5.74, 6) is 0.700. The second-order valence-electron chi connectivity index (χ2n) is 5.94. The first kappa shape index (κ1) is 13.8. The van der Waals surface area contributed by atoms with E-state index < -0.39 is 0 Å². The largest absolute Gasteiger partial charge is 0.367 e. The average molecular weight is 258 g/mol. The van der Waals surface area contributed by atoms with E-state index in [9.17, 15) is 5.26 Å². The first-order valence-corrected chi connectivity index (χ1v) is 6.87. The molecule has 0 amide bonds. The van der Waals surface area contributed by atoms with Crippen LogP contribution in [0.5, 0.6) is 0 Å². The maximum atomic E-state index is 9.19. The molecule has 2 N–H and O–H groups in total. The molecular weight excluding hydrogens is 236 g/mol. The molecule has 1 aliphatic rings. The normalized spacial score (nSPS) is 21.7. The molecule has 0 aromatic carbocycles. The van der Waals surface area contributed by atoms with Gasteiger partial charge in [0.25, 0.3) is 0 Å². The van der Waals surface area contributed by atoms with Gasteiger partial charge in [-0.15, -0.1) is 0 Å². The fourth-order valence-electron chi connectivity index (χ4n) is 2.65. The van der Waals surface area contributed by atoms with Gasteiger partial charge in [-0.1, -0.05) is 13.8 Å². The summed E-state index contributed by atoms with van der Waals surface area (Å²) in [6.45, 7) is 8.40. The van der Waals surface area contributed by atoms with Crippen molar-refractivity contribution in [2.75, 3.05) is 18.4 Å². The highest BCUT2D eigenvalue weighted by molar-refractivity contribution is 5.55. The molecule has 1 saturated heterocycles. The number of rotatable bonds is 3. The fraction of sp³-hybridized carbons (Fsp3) is 0.600. The predicted molar refractivity (Wildman–Crippen MR) is 77.0 cm³/mol. The molecule has 4 nitrogen and oxygen atoms in total. The van der Waals surface area contributed by atoms with E-state index in [0.717, 1.165) is 18.7 Å². The predicted octanol–water partition coefficient (Wildman–Crippen LogP) is 2.45. The maximum absolute atomic E-state index is 9.19. The molecular formula is C15H22N4. The maximum Gasteiger partial charge on any atom is 0.144 e. The first-order chi connectivity index (χ1) is 9.04. The summed E-state index contributed by atoms with van der Waals surface area (Å²) >= 11 is 0. The zero-order valence-corrected chi connectivity index (χ0v) is 12.0. The molecule has 2 rings (SSSR count). The third kappa shape index (κ3) is 3.05. The van der Waals surface area contributed by atoms with Crippen LogP contribution in [0.15, 0.2) is 12.3 Å². The van der Waals surface area contributed by atoms with Gasteiger partial charge in [-0.05, 0) is 43.4 Å². The number of hydrogen-bond acceptors (Lipinski definition) is 4. The minimum Gasteiger partial charge on any atom is -0.367 e. The topological polar surface area (TPSA) is 60.7 Å². The van der Waals surface area contributed by atoms with Crippen LogP contribution in [0, 0.1) is 23.7 Å². The van der Waals surface area contributed by atoms with E-state index in [4.69, 9.17) is 0 Å². The van der Waals surface area contributed by atoms with E-state index in [1.54, 1.807) is 6.20 Å². The standard InChI is InChI=1S/C15H22N4/c1-11-5-8-18-14(12(11)9-16)19-10-13-15(2,3)6-4-7-17-13/h5,8,13,17H,4,6-7,10H2,1-3H3,(H,18,19). The van der Waals surface area contributed by atoms with E-state index in [1.807, 2.05) is 13.0 Å². The lowest BCUT2D eigenvalue weighted by Crippen LogP contribution is -2.50. The molecule has 1 aromatic heterocycles. The van der Waals surface area contributed by atoms with Crippen LogP contribution in [0.1, 0.15) is 37.8 Å². The second kappa shape index (κ2) is 5.58. The van der Waals surface area contributed by atoms with Crippen molar-refractivity contribution in [3.05, 3.63) is 23.4 Å². The van der Waals surface area contributed by atoms with Crippen molar-refractivity contribution in [1.29, 1.82) is 5.26 Å². The van der Waals surface area contributed by atoms with Crippen LogP contribution in [-0.4, -0.2) is 24.1 Å². The van der Waals surface area contributed by atoms with Crippen LogP contribution in [0.2, 0.25) is 0 Å². The number of aromatic nitrogens is 1. The van der Waals surface area contributed by atoms with E-state index in [-0.39, 0.29) is 5.41 Å². The molecule has 1 aromatic rings. The monoisotopic (exact) mass is 258 g/mol. The average Bonchev–Trinajstić information content (AvgIpc) is 2.37. The highest BCUT2D eigenvalue weighted by Crippen LogP contribution is 2.30. The third-order valence-corrected chi connectivity index (χ3v) is 4.08. The summed E-state index contributed by atoms with van der Waals surface area (Å²) in [4.78, 5) is 4.28. The van der Waals surface area contributed by atoms with Gasteiger partial charge in [-0.2, -0.15) is 5.26 Å². The number of nitrogens with one attached hydrogen (secondary N) is 2. The SMILES string of the molecule is Cc1ccnc(NCC2NCCCC2(C)C)c1C#N. The minimum absolute atomic E-state index is 0.280. The minimum atomic E-state index is 0.280. The molecule has 2 heterocycles. The number of piperidine rings is 1. The van der Waals surface area contributed by atoms with Gasteiger partial charge in [0.05, 0.1) is 5.56 Å². The Bertz CT molecular complexity index is 487. The molecule has 102 valence electrons. The van der Waals surface area contributed by atoms with Crippen molar-refractivity contribution >= 4 is 5.82 Å². The first-order valence-electron chi connectivity index (χ1n) is 6.87. The lowest BCUT2D eigenvalue weighted by atomic mass is 9.77. The molecule has 0 saturated carbocycles. The smallest absolute Gasteiger partial charge is 0.144 e. The van der Waals surface area contributed by atoms with Gasteiger partial charge in [0.15, 0.2) is 0 Å². The van der Waals surface area contributed by atoms with Crippen LogP contribution in [0.4, 0.5) is 5.82 Å². The summed E-state index contributed by atoms with van der Waals surface area (Å²) in [6, 6.07) is 4.51. The van der Waals surface area contributed by atoms with Crippen molar-refractivity contribution in [2.45, 2.75) is 39.7 Å². The molecule has 1 fully saturated rings. The summed E-state index contributed by atoms with van der Waals surface area (Å²) in [6.07, 6.45) is 4.21. The number of hydrogen-bond donors (Lipinski definition) is 2. The van der Waals surface area contributed by atoms with Crippen LogP contribution >= 0.6 is 0 Å². The highest BCUT2D eigenvalue weighted by atomic mass is 15.0. The Labute approximate surface area is 115 Å². The molecule has 0 aliphatic carbocycles. The molecule has 1 aliphatic heterocycles. The zero-order valence-electron chi connectivity index (χ0n) is 12.0. The number of nitriles is 1. The molecule has 19 heavy (non-hydrogen) atoms. The molecule has 0 bridgehead atoms. The van der Waals surface area contributed by atoms with Crippen molar-refractivity contribution in [2.24, 2.45) is 5.41 Å². The number of nitrogens with zero attached hydrogens (tertiary/aromatic N) is 2. The van der Waals surface area contributed by atoms with Gasteiger partial charge in [0.2, 0.25) is 0 Å². The Morgan fingerprint density at radius 1 is 1.58 bits per heavy atom. The fourth-order valence-corrected chi connectivity index (χ4v) is 2.65. The van der Waals surface area contributed by atoms with E-state index in [2.05, 4.69) is 35.5 Å². The molecule has 0 radical (unpaired) electrons. The van der Waals surface area contributed by atoms with Crippen molar-refractivity contribution in [1.82, 2.24) is 10.3 Å². The summed E-state index contributed by atoms with van der Waals surface area (Å²) < 4.78 is 0. The van der Waals surface area contributed by atoms with Gasteiger partial charge in [-0.25, -0.2) is 4.98 Å². The Morgan fingerprint density at radius 2 is 2.37 bits per heavy atom. The van der Waals surface area contributed by atoms with Crippen molar-refractivity contribution in [3.63, 3.8) is 0 Å². The van der Waals surface area contributed by atoms with E-state index in [0.29, 0.717) is 17.4 Å². The van der Waals surface area contributed by atoms with Gasteiger partial charge in [0, 0.05) is 18.8 Å². The van der Waals surface area contributed by atoms with Crippen LogP contribution in [-0.2, 0) is 0 Å². The number of aryl methyl sites for hydroxylation is 1. The Hall–Kier alpha value is -1.60. The highest BCUT2D eigenvalue weighted by Gasteiger charge is 2.31. The lowest BCUT2D eigenvalue weighted by molar-refractivity contribution is 0.188. The molecule has 1 atom stereocenters. The van der Waals surface area contributed by atoms with Gasteiger partial charge in [0.1, 0.15) is 11.9 Å². The quantitative estimate of drug-likeness (QED) is 0.874. The van der Waals surface area contributed by atoms with Crippen LogP contribution < -0.4 is 10.6 Å². The molecule has 4 heteroatoms. The van der Waals surface area contributed by atoms with Gasteiger partial charge >= 0.3 is 0 Å². The van der Waals surface area contributed by atoms with Gasteiger partial charge in [-0.3, -0.25) is 0 Å². The Balaban J connectivity index is 2.07. The zero-order chi connectivity index (χ0) is 13.9. The summed E-state index contributed by atoms with van der Waals surface area (Å²) in [5, 5.41) is 16.1. The summed E-state index contributed by atoms with van der Waals surface area (Å²) in [7, 11) is 0. The molecule has 1 unspecified atom stereocenters. The number of pyridine rings is 1. The van der Waals surface area contributed by atoms with E-state index in [1.165, 1.54) is 12.8 Å². The Morgan fingerprint density at radius 3 is 3.05 bits per heavy atom. The van der Waals surface area contributed by atoms with E-state index >= 15 is 0 Å². The van der Waals surface area contributed by atoms with Crippen LogP contribution in [0.25, 0.3) is 0 Å². The third-order valence-electron chi connectivity index (χ3n) is 4.08. The molecule has 0 spiro atoms. The Kier molecular flexibility index (Phi) is 4.06. The van der Waals surface area contributed by atoms with Crippen LogP contribution in [0.3, 0.4) is 0 Å². The lowest BCUT2D eigenvalue weighted by Gasteiger charge is -2.39. The number of anilines is 1. The van der Waals surface area contributed by atoms with Gasteiger partial charge < -0.3 is 10.6 Å².